The third-order valence-corrected chi connectivity index (χ3v) is 6.34. The average Bonchev–Trinajstić information content (AvgIpc) is 3.40. The molecule has 0 bridgehead atoms. The number of urea groups is 1. The van der Waals surface area contributed by atoms with Crippen molar-refractivity contribution in [2.45, 2.75) is 12.5 Å². The van der Waals surface area contributed by atoms with Crippen molar-refractivity contribution < 1.29 is 19.2 Å². The molecule has 1 aromatic heterocycles. The summed E-state index contributed by atoms with van der Waals surface area (Å²) in [4.78, 5) is 56.8. The van der Waals surface area contributed by atoms with Crippen LogP contribution in [0.25, 0.3) is 0 Å². The second-order valence-electron chi connectivity index (χ2n) is 7.32. The Labute approximate surface area is 207 Å². The van der Waals surface area contributed by atoms with E-state index in [0.29, 0.717) is 52.9 Å². The van der Waals surface area contributed by atoms with Crippen LogP contribution in [-0.4, -0.2) is 64.5 Å². The fourth-order valence-electron chi connectivity index (χ4n) is 3.24. The van der Waals surface area contributed by atoms with Gasteiger partial charge in [0.05, 0.1) is 16.7 Å². The number of halogens is 1. The molecule has 0 spiro atoms. The van der Waals surface area contributed by atoms with E-state index in [1.165, 1.54) is 0 Å². The number of carbonyl (C=O) groups excluding carboxylic acids is 4. The van der Waals surface area contributed by atoms with Gasteiger partial charge < -0.3 is 26.6 Å². The van der Waals surface area contributed by atoms with Crippen LogP contribution in [0.2, 0.25) is 0 Å². The van der Waals surface area contributed by atoms with Gasteiger partial charge in [-0.2, -0.15) is 4.98 Å². The van der Waals surface area contributed by atoms with Crippen molar-refractivity contribution in [2.75, 3.05) is 40.9 Å². The van der Waals surface area contributed by atoms with Gasteiger partial charge in [0.15, 0.2) is 0 Å². The third-order valence-electron chi connectivity index (χ3n) is 4.88. The van der Waals surface area contributed by atoms with Crippen molar-refractivity contribution in [2.24, 2.45) is 0 Å². The molecule has 34 heavy (non-hydrogen) atoms. The number of nitrogens with one attached hydrogen (secondary N) is 5. The topological polar surface area (TPSA) is 157 Å². The number of thioether (sulfide) groups is 1. The van der Waals surface area contributed by atoms with Gasteiger partial charge >= 0.3 is 6.03 Å². The highest BCUT2D eigenvalue weighted by Crippen LogP contribution is 2.25. The summed E-state index contributed by atoms with van der Waals surface area (Å²) in [7, 11) is 0. The van der Waals surface area contributed by atoms with Gasteiger partial charge in [-0.05, 0) is 40.5 Å². The first-order valence-electron chi connectivity index (χ1n) is 10.4. The molecule has 0 aliphatic carbocycles. The van der Waals surface area contributed by atoms with Gasteiger partial charge in [0, 0.05) is 30.7 Å². The molecule has 4 rings (SSSR count). The Bertz CT molecular complexity index is 1120. The summed E-state index contributed by atoms with van der Waals surface area (Å²) < 4.78 is 0.667. The van der Waals surface area contributed by atoms with Crippen LogP contribution in [0.4, 0.5) is 32.7 Å². The standard InChI is InChI=1S/C20H21BrN8O4S/c21-13-8-24-18(26-11-3-1-4-12(7-11)29-15(30)9-25-19(29)32)28-16(13)22-5-2-6-23-17(31)14-10-34-20(33)27-14/h1,3-4,7-8,14H,2,5-6,9-10H2,(H,23,31)(H,25,32)(H,27,33)(H2,22,24,26,28)/t14-/m0/s1. The van der Waals surface area contributed by atoms with E-state index in [2.05, 4.69) is 52.5 Å². The van der Waals surface area contributed by atoms with E-state index in [-0.39, 0.29) is 23.6 Å². The second-order valence-corrected chi connectivity index (χ2v) is 9.17. The van der Waals surface area contributed by atoms with Crippen molar-refractivity contribution in [1.82, 2.24) is 25.9 Å². The molecule has 2 aromatic rings. The van der Waals surface area contributed by atoms with Gasteiger partial charge in [-0.3, -0.25) is 14.4 Å². The lowest BCUT2D eigenvalue weighted by Crippen LogP contribution is -2.43. The van der Waals surface area contributed by atoms with E-state index >= 15 is 0 Å². The third kappa shape index (κ3) is 5.75. The van der Waals surface area contributed by atoms with Gasteiger partial charge in [0.2, 0.25) is 11.9 Å². The maximum absolute atomic E-state index is 12.0. The van der Waals surface area contributed by atoms with E-state index in [1.54, 1.807) is 30.5 Å². The van der Waals surface area contributed by atoms with Crippen LogP contribution >= 0.6 is 27.7 Å². The highest BCUT2D eigenvalue weighted by atomic mass is 79.9. The van der Waals surface area contributed by atoms with Crippen LogP contribution < -0.4 is 31.5 Å². The molecule has 2 aliphatic rings. The molecule has 0 radical (unpaired) electrons. The number of amides is 5. The molecule has 3 heterocycles. The molecule has 5 N–H and O–H groups in total. The normalized spacial score (nSPS) is 17.4. The molecule has 178 valence electrons. The monoisotopic (exact) mass is 548 g/mol. The zero-order valence-electron chi connectivity index (χ0n) is 17.8. The number of carbonyl (C=O) groups is 4. The quantitative estimate of drug-likeness (QED) is 0.232. The molecule has 0 saturated carbocycles. The van der Waals surface area contributed by atoms with E-state index in [1.807, 2.05) is 0 Å². The lowest BCUT2D eigenvalue weighted by Gasteiger charge is -2.14. The highest BCUT2D eigenvalue weighted by Gasteiger charge is 2.30. The number of rotatable bonds is 9. The van der Waals surface area contributed by atoms with Crippen LogP contribution in [0.15, 0.2) is 34.9 Å². The lowest BCUT2D eigenvalue weighted by molar-refractivity contribution is -0.122. The second kappa shape index (κ2) is 10.7. The molecule has 12 nitrogen and oxygen atoms in total. The summed E-state index contributed by atoms with van der Waals surface area (Å²) in [5, 5.41) is 14.0. The van der Waals surface area contributed by atoms with Crippen molar-refractivity contribution in [3.8, 4) is 0 Å². The van der Waals surface area contributed by atoms with Crippen LogP contribution in [-0.2, 0) is 9.59 Å². The summed E-state index contributed by atoms with van der Waals surface area (Å²) >= 11 is 4.51. The lowest BCUT2D eigenvalue weighted by atomic mass is 10.2. The molecular formula is C20H21BrN8O4S. The Hall–Kier alpha value is -3.39. The number of imide groups is 1. The molecule has 2 saturated heterocycles. The predicted molar refractivity (Wildman–Crippen MR) is 131 cm³/mol. The first-order valence-corrected chi connectivity index (χ1v) is 12.1. The molecule has 2 aliphatic heterocycles. The first kappa shape index (κ1) is 23.8. The van der Waals surface area contributed by atoms with Crippen LogP contribution in [0.3, 0.4) is 0 Å². The highest BCUT2D eigenvalue weighted by molar-refractivity contribution is 9.10. The van der Waals surface area contributed by atoms with E-state index < -0.39 is 12.1 Å². The molecule has 2 fully saturated rings. The molecule has 5 amide bonds. The Morgan fingerprint density at radius 3 is 2.85 bits per heavy atom. The summed E-state index contributed by atoms with van der Waals surface area (Å²) in [5.41, 5.74) is 1.05. The van der Waals surface area contributed by atoms with Gasteiger partial charge in [0.1, 0.15) is 11.9 Å². The zero-order valence-corrected chi connectivity index (χ0v) is 20.2. The van der Waals surface area contributed by atoms with Crippen molar-refractivity contribution in [1.29, 1.82) is 0 Å². The summed E-state index contributed by atoms with van der Waals surface area (Å²) in [5.74, 6) is 0.813. The molecule has 0 unspecified atom stereocenters. The van der Waals surface area contributed by atoms with Gasteiger partial charge in [-0.25, -0.2) is 14.7 Å². The van der Waals surface area contributed by atoms with Crippen molar-refractivity contribution in [3.63, 3.8) is 0 Å². The van der Waals surface area contributed by atoms with E-state index in [9.17, 15) is 19.2 Å². The Balaban J connectivity index is 1.30. The molecular weight excluding hydrogens is 528 g/mol. The Kier molecular flexibility index (Phi) is 7.47. The summed E-state index contributed by atoms with van der Waals surface area (Å²) in [6.07, 6.45) is 2.24. The fourth-order valence-corrected chi connectivity index (χ4v) is 4.35. The predicted octanol–water partition coefficient (Wildman–Crippen LogP) is 1.78. The summed E-state index contributed by atoms with van der Waals surface area (Å²) in [6, 6.07) is 5.88. The van der Waals surface area contributed by atoms with E-state index in [4.69, 9.17) is 0 Å². The molecule has 1 aromatic carbocycles. The van der Waals surface area contributed by atoms with Gasteiger partial charge in [-0.1, -0.05) is 17.8 Å². The fraction of sp³-hybridized carbons (Fsp3) is 0.300. The number of anilines is 4. The van der Waals surface area contributed by atoms with E-state index in [0.717, 1.165) is 16.7 Å². The average molecular weight is 549 g/mol. The maximum atomic E-state index is 12.0. The van der Waals surface area contributed by atoms with Crippen LogP contribution in [0.1, 0.15) is 6.42 Å². The smallest absolute Gasteiger partial charge is 0.329 e. The Morgan fingerprint density at radius 1 is 1.26 bits per heavy atom. The SMILES string of the molecule is O=C1N[C@H](C(=O)NCCCNc2nc(Nc3cccc(N4C(=O)CNC4=O)c3)ncc2Br)CS1. The Morgan fingerprint density at radius 2 is 2.12 bits per heavy atom. The number of aromatic nitrogens is 2. The number of nitrogens with zero attached hydrogens (tertiary/aromatic N) is 3. The van der Waals surface area contributed by atoms with Crippen LogP contribution in [0, 0.1) is 0 Å². The minimum Gasteiger partial charge on any atom is -0.369 e. The number of benzene rings is 1. The maximum Gasteiger partial charge on any atom is 0.329 e. The van der Waals surface area contributed by atoms with Gasteiger partial charge in [-0.15, -0.1) is 0 Å². The van der Waals surface area contributed by atoms with Crippen LogP contribution in [0.5, 0.6) is 0 Å². The number of hydrogen-bond donors (Lipinski definition) is 5. The minimum absolute atomic E-state index is 0.0266. The van der Waals surface area contributed by atoms with Gasteiger partial charge in [0.25, 0.3) is 11.1 Å². The minimum atomic E-state index is -0.480. The largest absolute Gasteiger partial charge is 0.369 e. The first-order chi connectivity index (χ1) is 16.4. The zero-order chi connectivity index (χ0) is 24.1. The van der Waals surface area contributed by atoms with Crippen molar-refractivity contribution in [3.05, 3.63) is 34.9 Å². The van der Waals surface area contributed by atoms with Crippen molar-refractivity contribution >= 4 is 73.9 Å². The number of hydrogen-bond acceptors (Lipinski definition) is 9. The molecule has 1 atom stereocenters. The molecule has 14 heteroatoms. The summed E-state index contributed by atoms with van der Waals surface area (Å²) in [6.45, 7) is 0.969.